The molecule has 1 amide bonds. The number of fused-ring (bicyclic) bond motifs is 1. The van der Waals surface area contributed by atoms with Gasteiger partial charge in [0, 0.05) is 11.3 Å². The Balaban J connectivity index is 0.00000225. The van der Waals surface area contributed by atoms with Gasteiger partial charge in [-0.3, -0.25) is 14.7 Å². The first-order chi connectivity index (χ1) is 13.1. The maximum Gasteiger partial charge on any atom is 0.258 e. The van der Waals surface area contributed by atoms with Gasteiger partial charge in [-0.25, -0.2) is 9.87 Å². The lowest BCUT2D eigenvalue weighted by Crippen LogP contribution is -2.43. The molecule has 3 aromatic rings. The van der Waals surface area contributed by atoms with E-state index in [1.54, 1.807) is 30.7 Å². The topological polar surface area (TPSA) is 67.2 Å². The summed E-state index contributed by atoms with van der Waals surface area (Å²) in [5.74, 6) is -0.933. The molecule has 146 valence electrons. The molecule has 2 N–H and O–H groups in total. The Labute approximate surface area is 163 Å². The highest BCUT2D eigenvalue weighted by Gasteiger charge is 2.49. The van der Waals surface area contributed by atoms with Gasteiger partial charge in [0.1, 0.15) is 11.2 Å². The van der Waals surface area contributed by atoms with Crippen LogP contribution in [0.2, 0.25) is 0 Å². The summed E-state index contributed by atoms with van der Waals surface area (Å²) < 4.78 is 16.1. The summed E-state index contributed by atoms with van der Waals surface area (Å²) >= 11 is 0. The molecular weight excluding hydrogens is 357 g/mol. The van der Waals surface area contributed by atoms with Crippen LogP contribution in [0.15, 0.2) is 54.7 Å². The number of aromatic nitrogens is 2. The van der Waals surface area contributed by atoms with Crippen LogP contribution in [0.5, 0.6) is 0 Å². The Hall–Kier alpha value is -2.99. The van der Waals surface area contributed by atoms with Gasteiger partial charge >= 0.3 is 0 Å². The largest absolute Gasteiger partial charge is 0.289 e. The number of nitrogens with one attached hydrogen (secondary N) is 1. The lowest BCUT2D eigenvalue weighted by Gasteiger charge is -2.29. The van der Waals surface area contributed by atoms with E-state index in [0.717, 1.165) is 16.8 Å². The molecule has 0 bridgehead atoms. The van der Waals surface area contributed by atoms with Gasteiger partial charge in [-0.1, -0.05) is 49.9 Å². The van der Waals surface area contributed by atoms with E-state index in [0.29, 0.717) is 30.5 Å². The van der Waals surface area contributed by atoms with Gasteiger partial charge in [-0.2, -0.15) is 5.10 Å². The van der Waals surface area contributed by atoms with Crippen molar-refractivity contribution in [1.82, 2.24) is 15.3 Å². The molecule has 5 nitrogen and oxygen atoms in total. The Morgan fingerprint density at radius 3 is 2.68 bits per heavy atom. The number of rotatable bonds is 4. The lowest BCUT2D eigenvalue weighted by atomic mass is 9.74. The molecule has 1 heterocycles. The first kappa shape index (κ1) is 19.8. The van der Waals surface area contributed by atoms with E-state index in [1.165, 1.54) is 6.07 Å². The van der Waals surface area contributed by atoms with Crippen molar-refractivity contribution in [3.63, 3.8) is 0 Å². The Morgan fingerprint density at radius 1 is 1.21 bits per heavy atom. The smallest absolute Gasteiger partial charge is 0.258 e. The number of carbonyl (C=O) groups is 1. The fraction of sp³-hybridized carbons (Fsp3) is 0.273. The quantitative estimate of drug-likeness (QED) is 0.534. The second-order valence-electron chi connectivity index (χ2n) is 6.91. The van der Waals surface area contributed by atoms with Crippen LogP contribution in [-0.4, -0.2) is 20.9 Å². The van der Waals surface area contributed by atoms with E-state index >= 15 is 0 Å². The van der Waals surface area contributed by atoms with Crippen LogP contribution in [0.1, 0.15) is 41.8 Å². The summed E-state index contributed by atoms with van der Waals surface area (Å²) in [6.07, 6.45) is 2.74. The number of benzene rings is 2. The number of hydroxylamine groups is 1. The molecular formula is C22H24FN3O2. The van der Waals surface area contributed by atoms with Crippen LogP contribution < -0.4 is 5.48 Å². The minimum absolute atomic E-state index is 0. The molecule has 1 aromatic heterocycles. The molecule has 0 radical (unpaired) electrons. The maximum atomic E-state index is 14.2. The lowest BCUT2D eigenvalue weighted by molar-refractivity contribution is -0.133. The minimum atomic E-state index is -1.15. The molecule has 0 unspecified atom stereocenters. The van der Waals surface area contributed by atoms with Crippen molar-refractivity contribution in [2.75, 3.05) is 0 Å². The number of nitrogens with zero attached hydrogens (tertiary/aromatic N) is 2. The summed E-state index contributed by atoms with van der Waals surface area (Å²) in [7, 11) is 0. The van der Waals surface area contributed by atoms with Crippen LogP contribution in [0.3, 0.4) is 0 Å². The van der Waals surface area contributed by atoms with Crippen LogP contribution in [0.4, 0.5) is 4.39 Å². The first-order valence-corrected chi connectivity index (χ1v) is 8.87. The monoisotopic (exact) mass is 381 g/mol. The normalized spacial score (nSPS) is 17.7. The van der Waals surface area contributed by atoms with Crippen molar-refractivity contribution in [2.45, 2.75) is 39.2 Å². The van der Waals surface area contributed by atoms with Gasteiger partial charge in [0.05, 0.1) is 12.7 Å². The first-order valence-electron chi connectivity index (χ1n) is 8.87. The molecule has 0 saturated carbocycles. The molecule has 0 saturated heterocycles. The number of amides is 1. The second kappa shape index (κ2) is 7.56. The summed E-state index contributed by atoms with van der Waals surface area (Å²) in [5.41, 5.74) is 4.38. The molecule has 0 aliphatic heterocycles. The van der Waals surface area contributed by atoms with E-state index < -0.39 is 11.3 Å². The summed E-state index contributed by atoms with van der Waals surface area (Å²) in [4.78, 5) is 12.8. The van der Waals surface area contributed by atoms with Crippen molar-refractivity contribution in [3.8, 4) is 0 Å². The van der Waals surface area contributed by atoms with E-state index in [2.05, 4.69) is 5.10 Å². The van der Waals surface area contributed by atoms with E-state index in [9.17, 15) is 14.4 Å². The zero-order valence-corrected chi connectivity index (χ0v) is 14.9. The zero-order valence-electron chi connectivity index (χ0n) is 14.9. The molecule has 1 aliphatic rings. The van der Waals surface area contributed by atoms with E-state index in [4.69, 9.17) is 0 Å². The fourth-order valence-electron chi connectivity index (χ4n) is 4.17. The van der Waals surface area contributed by atoms with Crippen molar-refractivity contribution in [1.29, 1.82) is 0 Å². The van der Waals surface area contributed by atoms with Crippen molar-refractivity contribution < 1.29 is 14.4 Å². The van der Waals surface area contributed by atoms with Gasteiger partial charge in [0.2, 0.25) is 0 Å². The standard InChI is InChI=1S/C21H20FN3O2.CH4/c1-14-16(8-5-9-18(14)22)21(20(26)24-27)11-10-19-17(21)12-23-25(19)13-15-6-3-2-4-7-15;/h2-9,12,27H,10-11,13H2,1H3,(H,24,26);1H4/t21-;/m1./s1. The van der Waals surface area contributed by atoms with Gasteiger partial charge in [-0.15, -0.1) is 0 Å². The number of halogens is 1. The van der Waals surface area contributed by atoms with Gasteiger partial charge < -0.3 is 0 Å². The average molecular weight is 381 g/mol. The SMILES string of the molecule is C.Cc1c(F)cccc1[C@]1(C(=O)NO)CCc2c1cnn2Cc1ccccc1. The van der Waals surface area contributed by atoms with E-state index in [1.807, 2.05) is 35.0 Å². The Morgan fingerprint density at radius 2 is 1.96 bits per heavy atom. The van der Waals surface area contributed by atoms with E-state index in [-0.39, 0.29) is 13.2 Å². The molecule has 0 fully saturated rings. The van der Waals surface area contributed by atoms with Crippen molar-refractivity contribution >= 4 is 5.91 Å². The second-order valence-corrected chi connectivity index (χ2v) is 6.91. The molecule has 28 heavy (non-hydrogen) atoms. The highest BCUT2D eigenvalue weighted by Crippen LogP contribution is 2.46. The molecule has 4 rings (SSSR count). The Kier molecular flexibility index (Phi) is 5.34. The van der Waals surface area contributed by atoms with Crippen molar-refractivity contribution in [3.05, 3.63) is 88.5 Å². The Bertz CT molecular complexity index is 1000. The minimum Gasteiger partial charge on any atom is -0.289 e. The predicted octanol–water partition coefficient (Wildman–Crippen LogP) is 3.75. The van der Waals surface area contributed by atoms with Crippen molar-refractivity contribution in [2.24, 2.45) is 0 Å². The van der Waals surface area contributed by atoms with Gasteiger partial charge in [-0.05, 0) is 42.5 Å². The van der Waals surface area contributed by atoms with Crippen LogP contribution in [-0.2, 0) is 23.2 Å². The maximum absolute atomic E-state index is 14.2. The number of hydrogen-bond donors (Lipinski definition) is 2. The molecule has 0 spiro atoms. The molecule has 2 aromatic carbocycles. The molecule has 1 atom stereocenters. The highest BCUT2D eigenvalue weighted by molar-refractivity contribution is 5.93. The molecule has 6 heteroatoms. The summed E-state index contributed by atoms with van der Waals surface area (Å²) in [6.45, 7) is 2.25. The molecule has 1 aliphatic carbocycles. The third-order valence-electron chi connectivity index (χ3n) is 5.54. The van der Waals surface area contributed by atoms with Gasteiger partial charge in [0.25, 0.3) is 5.91 Å². The predicted molar refractivity (Wildman–Crippen MR) is 105 cm³/mol. The third-order valence-corrected chi connectivity index (χ3v) is 5.54. The van der Waals surface area contributed by atoms with Crippen LogP contribution in [0.25, 0.3) is 0 Å². The van der Waals surface area contributed by atoms with Crippen LogP contribution in [0, 0.1) is 12.7 Å². The number of carbonyl (C=O) groups excluding carboxylic acids is 1. The zero-order chi connectivity index (χ0) is 19.0. The van der Waals surface area contributed by atoms with Gasteiger partial charge in [0.15, 0.2) is 0 Å². The van der Waals surface area contributed by atoms with Crippen LogP contribution >= 0.6 is 0 Å². The highest BCUT2D eigenvalue weighted by atomic mass is 19.1. The fourth-order valence-corrected chi connectivity index (χ4v) is 4.17. The summed E-state index contributed by atoms with van der Waals surface area (Å²) in [5, 5.41) is 13.9. The third kappa shape index (κ3) is 2.90. The average Bonchev–Trinajstić information content (AvgIpc) is 3.26. The summed E-state index contributed by atoms with van der Waals surface area (Å²) in [6, 6.07) is 14.7. The number of hydrogen-bond acceptors (Lipinski definition) is 3.